The lowest BCUT2D eigenvalue weighted by Crippen LogP contribution is -2.16. The molecule has 9 heteroatoms. The number of benzene rings is 2. The van der Waals surface area contributed by atoms with Crippen molar-refractivity contribution in [3.05, 3.63) is 52.4 Å². The van der Waals surface area contributed by atoms with E-state index in [0.29, 0.717) is 12.2 Å². The van der Waals surface area contributed by atoms with Crippen molar-refractivity contribution in [3.63, 3.8) is 0 Å². The number of carbonyl (C=O) groups is 1. The number of halogens is 3. The SMILES string of the molecule is CCCC(=O)Oc1ccc2c(=O)c(-c3ccc(OC)c(OC)c3)c(C(F)(F)F)oc2c1. The van der Waals surface area contributed by atoms with Gasteiger partial charge < -0.3 is 18.6 Å². The second-order valence-electron chi connectivity index (χ2n) is 6.58. The normalized spacial score (nSPS) is 11.4. The molecule has 0 fully saturated rings. The number of rotatable bonds is 6. The van der Waals surface area contributed by atoms with Gasteiger partial charge in [-0.3, -0.25) is 9.59 Å². The number of carbonyl (C=O) groups excluding carboxylic acids is 1. The third-order valence-electron chi connectivity index (χ3n) is 4.48. The van der Waals surface area contributed by atoms with Gasteiger partial charge in [-0.25, -0.2) is 0 Å². The molecular weight excluding hydrogens is 417 g/mol. The standard InChI is InChI=1S/C22H19F3O6/c1-4-5-18(26)30-13-7-8-14-16(11-13)31-21(22(23,24)25)19(20(14)27)12-6-9-15(28-2)17(10-12)29-3/h6-11H,4-5H2,1-3H3. The molecule has 1 heterocycles. The van der Waals surface area contributed by atoms with Crippen LogP contribution >= 0.6 is 0 Å². The van der Waals surface area contributed by atoms with Crippen LogP contribution in [0.3, 0.4) is 0 Å². The molecule has 3 aromatic rings. The average Bonchev–Trinajstić information content (AvgIpc) is 2.72. The summed E-state index contributed by atoms with van der Waals surface area (Å²) in [6, 6.07) is 7.67. The minimum Gasteiger partial charge on any atom is -0.493 e. The Labute approximate surface area is 175 Å². The number of ether oxygens (including phenoxy) is 3. The lowest BCUT2D eigenvalue weighted by Gasteiger charge is -2.15. The zero-order valence-corrected chi connectivity index (χ0v) is 17.0. The first-order valence-electron chi connectivity index (χ1n) is 9.30. The van der Waals surface area contributed by atoms with E-state index in [9.17, 15) is 22.8 Å². The molecule has 0 unspecified atom stereocenters. The van der Waals surface area contributed by atoms with Crippen molar-refractivity contribution >= 4 is 16.9 Å². The molecule has 0 amide bonds. The number of esters is 1. The van der Waals surface area contributed by atoms with Crippen molar-refractivity contribution in [3.8, 4) is 28.4 Å². The van der Waals surface area contributed by atoms with Crippen LogP contribution in [-0.4, -0.2) is 20.2 Å². The fourth-order valence-corrected chi connectivity index (χ4v) is 3.08. The van der Waals surface area contributed by atoms with Gasteiger partial charge in [0.2, 0.25) is 11.2 Å². The molecule has 1 aromatic heterocycles. The fourth-order valence-electron chi connectivity index (χ4n) is 3.08. The Balaban J connectivity index is 2.23. The molecule has 0 N–H and O–H groups in total. The van der Waals surface area contributed by atoms with E-state index >= 15 is 0 Å². The second kappa shape index (κ2) is 8.71. The third kappa shape index (κ3) is 4.50. The summed E-state index contributed by atoms with van der Waals surface area (Å²) in [6.45, 7) is 1.78. The van der Waals surface area contributed by atoms with E-state index in [2.05, 4.69) is 0 Å². The van der Waals surface area contributed by atoms with Crippen molar-refractivity contribution in [1.82, 2.24) is 0 Å². The first-order valence-corrected chi connectivity index (χ1v) is 9.30. The number of methoxy groups -OCH3 is 2. The minimum absolute atomic E-state index is 0.0129. The van der Waals surface area contributed by atoms with E-state index in [1.54, 1.807) is 6.92 Å². The van der Waals surface area contributed by atoms with Gasteiger partial charge in [-0.1, -0.05) is 13.0 Å². The Bertz CT molecular complexity index is 1180. The van der Waals surface area contributed by atoms with E-state index in [-0.39, 0.29) is 34.5 Å². The lowest BCUT2D eigenvalue weighted by atomic mass is 10.0. The van der Waals surface area contributed by atoms with E-state index in [0.717, 1.165) is 6.07 Å². The molecule has 0 aliphatic rings. The van der Waals surface area contributed by atoms with Crippen molar-refractivity contribution in [2.24, 2.45) is 0 Å². The predicted molar refractivity (Wildman–Crippen MR) is 107 cm³/mol. The highest BCUT2D eigenvalue weighted by molar-refractivity contribution is 5.85. The van der Waals surface area contributed by atoms with Crippen LogP contribution < -0.4 is 19.6 Å². The van der Waals surface area contributed by atoms with Crippen LogP contribution in [-0.2, 0) is 11.0 Å². The van der Waals surface area contributed by atoms with Gasteiger partial charge in [-0.05, 0) is 36.2 Å². The molecule has 0 saturated carbocycles. The van der Waals surface area contributed by atoms with Gasteiger partial charge in [0.15, 0.2) is 11.5 Å². The largest absolute Gasteiger partial charge is 0.493 e. The highest BCUT2D eigenvalue weighted by Crippen LogP contribution is 2.40. The topological polar surface area (TPSA) is 75.0 Å². The molecule has 0 atom stereocenters. The van der Waals surface area contributed by atoms with Crippen LogP contribution in [0.2, 0.25) is 0 Å². The summed E-state index contributed by atoms with van der Waals surface area (Å²) in [6.07, 6.45) is -4.26. The van der Waals surface area contributed by atoms with Gasteiger partial charge in [0.05, 0.1) is 25.2 Å². The predicted octanol–water partition coefficient (Wildman–Crippen LogP) is 5.20. The maximum atomic E-state index is 13.8. The fraction of sp³-hybridized carbons (Fsp3) is 0.273. The van der Waals surface area contributed by atoms with Gasteiger partial charge >= 0.3 is 12.1 Å². The van der Waals surface area contributed by atoms with E-state index in [1.165, 1.54) is 44.6 Å². The molecule has 2 aromatic carbocycles. The zero-order chi connectivity index (χ0) is 22.8. The van der Waals surface area contributed by atoms with E-state index < -0.39 is 28.9 Å². The maximum absolute atomic E-state index is 13.8. The highest BCUT2D eigenvalue weighted by Gasteiger charge is 2.39. The summed E-state index contributed by atoms with van der Waals surface area (Å²) in [5, 5.41) is -0.0897. The summed E-state index contributed by atoms with van der Waals surface area (Å²) < 4.78 is 61.9. The smallest absolute Gasteiger partial charge is 0.450 e. The first-order chi connectivity index (χ1) is 14.7. The number of hydrogen-bond acceptors (Lipinski definition) is 6. The molecule has 0 radical (unpaired) electrons. The number of fused-ring (bicyclic) bond motifs is 1. The van der Waals surface area contributed by atoms with Crippen LogP contribution in [0, 0.1) is 0 Å². The molecule has 0 saturated heterocycles. The molecule has 6 nitrogen and oxygen atoms in total. The Morgan fingerprint density at radius 1 is 1.03 bits per heavy atom. The van der Waals surface area contributed by atoms with Gasteiger partial charge in [-0.2, -0.15) is 13.2 Å². The molecule has 0 spiro atoms. The second-order valence-corrected chi connectivity index (χ2v) is 6.58. The van der Waals surface area contributed by atoms with Crippen molar-refractivity contribution in [2.45, 2.75) is 25.9 Å². The van der Waals surface area contributed by atoms with Crippen LogP contribution in [0.1, 0.15) is 25.5 Å². The Morgan fingerprint density at radius 3 is 2.35 bits per heavy atom. The molecule has 0 bridgehead atoms. The summed E-state index contributed by atoms with van der Waals surface area (Å²) in [5.41, 5.74) is -1.92. The van der Waals surface area contributed by atoms with Gasteiger partial charge in [0.25, 0.3) is 0 Å². The number of hydrogen-bond donors (Lipinski definition) is 0. The van der Waals surface area contributed by atoms with Gasteiger partial charge in [-0.15, -0.1) is 0 Å². The molecule has 0 aliphatic carbocycles. The van der Waals surface area contributed by atoms with Crippen LogP contribution in [0.5, 0.6) is 17.2 Å². The zero-order valence-electron chi connectivity index (χ0n) is 17.0. The molecule has 3 rings (SSSR count). The quantitative estimate of drug-likeness (QED) is 0.391. The monoisotopic (exact) mass is 436 g/mol. The summed E-state index contributed by atoms with van der Waals surface area (Å²) in [7, 11) is 2.71. The summed E-state index contributed by atoms with van der Waals surface area (Å²) in [4.78, 5) is 24.7. The van der Waals surface area contributed by atoms with Crippen molar-refractivity contribution in [2.75, 3.05) is 14.2 Å². The Morgan fingerprint density at radius 2 is 1.74 bits per heavy atom. The van der Waals surface area contributed by atoms with E-state index in [1.807, 2.05) is 0 Å². The van der Waals surface area contributed by atoms with Crippen molar-refractivity contribution < 1.29 is 36.6 Å². The Hall–Kier alpha value is -3.49. The van der Waals surface area contributed by atoms with Crippen LogP contribution in [0.4, 0.5) is 13.2 Å². The Kier molecular flexibility index (Phi) is 6.24. The van der Waals surface area contributed by atoms with Crippen LogP contribution in [0.25, 0.3) is 22.1 Å². The molecule has 0 aliphatic heterocycles. The van der Waals surface area contributed by atoms with Crippen molar-refractivity contribution in [1.29, 1.82) is 0 Å². The molecule has 164 valence electrons. The van der Waals surface area contributed by atoms with Gasteiger partial charge in [0, 0.05) is 12.5 Å². The average molecular weight is 436 g/mol. The van der Waals surface area contributed by atoms with E-state index in [4.69, 9.17) is 18.6 Å². The van der Waals surface area contributed by atoms with Crippen LogP contribution in [0.15, 0.2) is 45.6 Å². The molecular formula is C22H19F3O6. The lowest BCUT2D eigenvalue weighted by molar-refractivity contribution is -0.152. The molecule has 31 heavy (non-hydrogen) atoms. The highest BCUT2D eigenvalue weighted by atomic mass is 19.4. The first kappa shape index (κ1) is 22.2. The third-order valence-corrected chi connectivity index (χ3v) is 4.48. The summed E-state index contributed by atoms with van der Waals surface area (Å²) >= 11 is 0. The number of alkyl halides is 3. The summed E-state index contributed by atoms with van der Waals surface area (Å²) in [5.74, 6) is -1.56. The van der Waals surface area contributed by atoms with Gasteiger partial charge in [0.1, 0.15) is 11.3 Å². The maximum Gasteiger partial charge on any atom is 0.450 e. The minimum atomic E-state index is -4.95.